The summed E-state index contributed by atoms with van der Waals surface area (Å²) in [5.74, 6) is -0.146. The lowest BCUT2D eigenvalue weighted by atomic mass is 9.93. The Kier molecular flexibility index (Phi) is 4.60. The quantitative estimate of drug-likeness (QED) is 0.777. The average Bonchev–Trinajstić information content (AvgIpc) is 2.87. The second-order valence-corrected chi connectivity index (χ2v) is 6.05. The molecule has 124 valence electrons. The minimum absolute atomic E-state index is 0.00532. The Morgan fingerprint density at radius 3 is 2.75 bits per heavy atom. The molecular formula is C19H22N4O. The van der Waals surface area contributed by atoms with E-state index in [1.807, 2.05) is 50.4 Å². The maximum atomic E-state index is 12.8. The predicted octanol–water partition coefficient (Wildman–Crippen LogP) is 3.80. The minimum Gasteiger partial charge on any atom is -0.324 e. The minimum atomic E-state index is -0.151. The highest BCUT2D eigenvalue weighted by molar-refractivity contribution is 5.97. The number of anilines is 1. The van der Waals surface area contributed by atoms with Crippen molar-refractivity contribution in [3.8, 4) is 0 Å². The van der Waals surface area contributed by atoms with Crippen LogP contribution in [0.25, 0.3) is 11.0 Å². The van der Waals surface area contributed by atoms with Crippen LogP contribution in [0.5, 0.6) is 0 Å². The smallest absolute Gasteiger partial charge is 0.231 e. The maximum Gasteiger partial charge on any atom is 0.231 e. The summed E-state index contributed by atoms with van der Waals surface area (Å²) < 4.78 is 1.75. The summed E-state index contributed by atoms with van der Waals surface area (Å²) >= 11 is 0. The number of amides is 1. The third kappa shape index (κ3) is 3.15. The van der Waals surface area contributed by atoms with Crippen LogP contribution in [0.4, 0.5) is 5.69 Å². The van der Waals surface area contributed by atoms with Gasteiger partial charge < -0.3 is 5.32 Å². The van der Waals surface area contributed by atoms with Crippen molar-refractivity contribution in [3.05, 3.63) is 53.9 Å². The Balaban J connectivity index is 1.86. The van der Waals surface area contributed by atoms with E-state index in [1.54, 1.807) is 10.9 Å². The predicted molar refractivity (Wildman–Crippen MR) is 96.0 cm³/mol. The number of aromatic nitrogens is 3. The molecule has 2 heterocycles. The molecule has 24 heavy (non-hydrogen) atoms. The zero-order chi connectivity index (χ0) is 17.1. The summed E-state index contributed by atoms with van der Waals surface area (Å²) in [5, 5.41) is 8.34. The van der Waals surface area contributed by atoms with Crippen molar-refractivity contribution in [1.29, 1.82) is 0 Å². The number of carbonyl (C=O) groups is 1. The molecule has 0 aliphatic heterocycles. The fourth-order valence-electron chi connectivity index (χ4n) is 3.03. The van der Waals surface area contributed by atoms with Crippen molar-refractivity contribution in [2.45, 2.75) is 32.6 Å². The molecule has 3 rings (SSSR count). The fraction of sp³-hybridized carbons (Fsp3) is 0.316. The number of hydrogen-bond acceptors (Lipinski definition) is 3. The molecule has 0 fully saturated rings. The van der Waals surface area contributed by atoms with E-state index < -0.39 is 0 Å². The van der Waals surface area contributed by atoms with Gasteiger partial charge in [-0.3, -0.25) is 9.48 Å². The molecule has 0 aliphatic rings. The Bertz CT molecular complexity index is 854. The van der Waals surface area contributed by atoms with Crippen LogP contribution in [0, 0.1) is 6.92 Å². The van der Waals surface area contributed by atoms with E-state index in [0.717, 1.165) is 35.1 Å². The van der Waals surface area contributed by atoms with Crippen LogP contribution in [-0.4, -0.2) is 20.7 Å². The van der Waals surface area contributed by atoms with Gasteiger partial charge in [0, 0.05) is 12.4 Å². The van der Waals surface area contributed by atoms with Gasteiger partial charge in [-0.25, -0.2) is 4.98 Å². The van der Waals surface area contributed by atoms with E-state index in [2.05, 4.69) is 22.3 Å². The summed E-state index contributed by atoms with van der Waals surface area (Å²) in [6.45, 7) is 4.04. The number of benzene rings is 1. The van der Waals surface area contributed by atoms with Crippen molar-refractivity contribution < 1.29 is 4.79 Å². The van der Waals surface area contributed by atoms with Crippen LogP contribution in [0.3, 0.4) is 0 Å². The van der Waals surface area contributed by atoms with Crippen LogP contribution < -0.4 is 5.32 Å². The van der Waals surface area contributed by atoms with Crippen molar-refractivity contribution in [3.63, 3.8) is 0 Å². The lowest BCUT2D eigenvalue weighted by molar-refractivity contribution is -0.117. The summed E-state index contributed by atoms with van der Waals surface area (Å²) in [6, 6.07) is 11.9. The summed E-state index contributed by atoms with van der Waals surface area (Å²) in [4.78, 5) is 17.2. The van der Waals surface area contributed by atoms with E-state index in [0.29, 0.717) is 5.69 Å². The first-order valence-corrected chi connectivity index (χ1v) is 8.25. The summed E-state index contributed by atoms with van der Waals surface area (Å²) in [7, 11) is 1.87. The Morgan fingerprint density at radius 1 is 1.29 bits per heavy atom. The van der Waals surface area contributed by atoms with Crippen molar-refractivity contribution in [2.75, 3.05) is 5.32 Å². The zero-order valence-electron chi connectivity index (χ0n) is 14.3. The van der Waals surface area contributed by atoms with Gasteiger partial charge in [-0.15, -0.1) is 0 Å². The molecule has 0 aliphatic carbocycles. The summed E-state index contributed by atoms with van der Waals surface area (Å²) in [5.41, 5.74) is 3.48. The van der Waals surface area contributed by atoms with E-state index in [9.17, 15) is 4.79 Å². The van der Waals surface area contributed by atoms with Gasteiger partial charge >= 0.3 is 0 Å². The third-order valence-corrected chi connectivity index (χ3v) is 4.23. The van der Waals surface area contributed by atoms with Crippen molar-refractivity contribution in [2.24, 2.45) is 7.05 Å². The number of fused-ring (bicyclic) bond motifs is 1. The molecule has 0 saturated heterocycles. The van der Waals surface area contributed by atoms with Crippen LogP contribution >= 0.6 is 0 Å². The van der Waals surface area contributed by atoms with Gasteiger partial charge in [0.15, 0.2) is 5.65 Å². The highest BCUT2D eigenvalue weighted by atomic mass is 16.1. The van der Waals surface area contributed by atoms with E-state index in [-0.39, 0.29) is 11.8 Å². The van der Waals surface area contributed by atoms with Crippen molar-refractivity contribution >= 4 is 22.6 Å². The Labute approximate surface area is 141 Å². The average molecular weight is 322 g/mol. The number of rotatable bonds is 5. The van der Waals surface area contributed by atoms with Crippen LogP contribution in [-0.2, 0) is 11.8 Å². The molecule has 1 N–H and O–H groups in total. The second-order valence-electron chi connectivity index (χ2n) is 6.05. The molecule has 1 amide bonds. The van der Waals surface area contributed by atoms with Gasteiger partial charge in [0.2, 0.25) is 5.91 Å². The highest BCUT2D eigenvalue weighted by Gasteiger charge is 2.20. The first-order chi connectivity index (χ1) is 11.6. The number of nitrogens with zero attached hydrogens (tertiary/aromatic N) is 3. The van der Waals surface area contributed by atoms with Crippen LogP contribution in [0.2, 0.25) is 0 Å². The van der Waals surface area contributed by atoms with Gasteiger partial charge in [-0.05, 0) is 25.0 Å². The number of carbonyl (C=O) groups excluding carboxylic acids is 1. The first kappa shape index (κ1) is 16.2. The third-order valence-electron chi connectivity index (χ3n) is 4.23. The summed E-state index contributed by atoms with van der Waals surface area (Å²) in [6.07, 6.45) is 3.46. The first-order valence-electron chi connectivity index (χ1n) is 8.25. The largest absolute Gasteiger partial charge is 0.324 e. The standard InChI is InChI=1S/C19H22N4O/c1-4-8-16(14-9-6-5-7-10-14)19(24)21-15-11-17-13(2)22-23(3)18(17)20-12-15/h5-7,9-12,16H,4,8H2,1-3H3,(H,21,24). The number of aryl methyl sites for hydroxylation is 2. The molecule has 0 saturated carbocycles. The van der Waals surface area contributed by atoms with E-state index >= 15 is 0 Å². The van der Waals surface area contributed by atoms with Gasteiger partial charge in [-0.2, -0.15) is 5.10 Å². The highest BCUT2D eigenvalue weighted by Crippen LogP contribution is 2.24. The number of nitrogens with one attached hydrogen (secondary N) is 1. The Hall–Kier alpha value is -2.69. The normalized spacial score (nSPS) is 12.3. The van der Waals surface area contributed by atoms with Gasteiger partial charge in [-0.1, -0.05) is 43.7 Å². The SMILES string of the molecule is CCCC(C(=O)Nc1cnc2c(c1)c(C)nn2C)c1ccccc1. The topological polar surface area (TPSA) is 59.8 Å². The van der Waals surface area contributed by atoms with Gasteiger partial charge in [0.25, 0.3) is 0 Å². The van der Waals surface area contributed by atoms with Gasteiger partial charge in [0.05, 0.1) is 23.5 Å². The zero-order valence-corrected chi connectivity index (χ0v) is 14.3. The molecule has 2 aromatic heterocycles. The maximum absolute atomic E-state index is 12.8. The van der Waals surface area contributed by atoms with Crippen LogP contribution in [0.15, 0.2) is 42.6 Å². The lowest BCUT2D eigenvalue weighted by Crippen LogP contribution is -2.21. The van der Waals surface area contributed by atoms with Crippen molar-refractivity contribution in [1.82, 2.24) is 14.8 Å². The molecule has 1 aromatic carbocycles. The van der Waals surface area contributed by atoms with Gasteiger partial charge in [0.1, 0.15) is 0 Å². The number of pyridine rings is 1. The lowest BCUT2D eigenvalue weighted by Gasteiger charge is -2.16. The van der Waals surface area contributed by atoms with E-state index in [4.69, 9.17) is 0 Å². The number of hydrogen-bond donors (Lipinski definition) is 1. The molecule has 0 bridgehead atoms. The molecule has 0 spiro atoms. The molecule has 5 heteroatoms. The van der Waals surface area contributed by atoms with Crippen LogP contribution in [0.1, 0.15) is 36.9 Å². The molecule has 3 aromatic rings. The molecule has 1 unspecified atom stereocenters. The second kappa shape index (κ2) is 6.83. The molecule has 5 nitrogen and oxygen atoms in total. The molecular weight excluding hydrogens is 300 g/mol. The molecule has 1 atom stereocenters. The Morgan fingerprint density at radius 2 is 2.04 bits per heavy atom. The molecule has 0 radical (unpaired) electrons. The van der Waals surface area contributed by atoms with E-state index in [1.165, 1.54) is 0 Å². The fourth-order valence-corrected chi connectivity index (χ4v) is 3.03. The monoisotopic (exact) mass is 322 g/mol.